The van der Waals surface area contributed by atoms with Crippen molar-refractivity contribution in [1.82, 2.24) is 4.90 Å². The fourth-order valence-electron chi connectivity index (χ4n) is 6.33. The normalized spacial score (nSPS) is 21.4. The summed E-state index contributed by atoms with van der Waals surface area (Å²) in [6.45, 7) is 0.974. The van der Waals surface area contributed by atoms with Gasteiger partial charge in [0.2, 0.25) is 0 Å². The largest absolute Gasteiger partial charge is 0.288 e. The topological polar surface area (TPSA) is 15.6 Å². The van der Waals surface area contributed by atoms with Gasteiger partial charge in [0.25, 0.3) is 0 Å². The second-order valence-corrected chi connectivity index (χ2v) is 10.7. The van der Waals surface area contributed by atoms with Crippen LogP contribution in [-0.2, 0) is 6.42 Å². The molecule has 6 rings (SSSR count). The molecule has 40 heavy (non-hydrogen) atoms. The number of nitrogens with zero attached hydrogens (tertiary/aromatic N) is 2. The summed E-state index contributed by atoms with van der Waals surface area (Å²) >= 11 is 0. The van der Waals surface area contributed by atoms with Crippen LogP contribution in [0.1, 0.15) is 52.2 Å². The first-order valence-corrected chi connectivity index (χ1v) is 14.4. The molecular weight excluding hydrogens is 484 g/mol. The Labute approximate surface area is 238 Å². The molecule has 0 amide bonds. The van der Waals surface area contributed by atoms with Gasteiger partial charge in [-0.1, -0.05) is 152 Å². The van der Waals surface area contributed by atoms with Gasteiger partial charge in [0.15, 0.2) is 0 Å². The van der Waals surface area contributed by atoms with E-state index in [2.05, 4.69) is 163 Å². The lowest BCUT2D eigenvalue weighted by molar-refractivity contribution is 0.0538. The van der Waals surface area contributed by atoms with E-state index in [0.717, 1.165) is 24.9 Å². The fraction of sp³-hybridized carbons (Fsp3) is 0.184. The van der Waals surface area contributed by atoms with Crippen LogP contribution in [0.5, 0.6) is 0 Å². The molecule has 0 aliphatic carbocycles. The zero-order valence-corrected chi connectivity index (χ0v) is 22.8. The molecular formula is C38H36N2. The summed E-state index contributed by atoms with van der Waals surface area (Å²) in [6.07, 6.45) is 4.06. The van der Waals surface area contributed by atoms with E-state index in [1.165, 1.54) is 22.3 Å². The smallest absolute Gasteiger partial charge is 0.0604 e. The maximum Gasteiger partial charge on any atom is 0.0604 e. The number of benzene rings is 5. The molecule has 198 valence electrons. The Kier molecular flexibility index (Phi) is 8.26. The van der Waals surface area contributed by atoms with Crippen LogP contribution in [0.25, 0.3) is 0 Å². The third-order valence-corrected chi connectivity index (χ3v) is 8.20. The minimum Gasteiger partial charge on any atom is -0.288 e. The minimum atomic E-state index is 0.131. The van der Waals surface area contributed by atoms with E-state index in [1.807, 2.05) is 0 Å². The van der Waals surface area contributed by atoms with Gasteiger partial charge in [-0.2, -0.15) is 0 Å². The summed E-state index contributed by atoms with van der Waals surface area (Å²) in [5.41, 5.74) is 6.59. The monoisotopic (exact) mass is 520 g/mol. The van der Waals surface area contributed by atoms with Gasteiger partial charge in [-0.3, -0.25) is 9.89 Å². The van der Waals surface area contributed by atoms with Crippen LogP contribution >= 0.6 is 0 Å². The van der Waals surface area contributed by atoms with Crippen LogP contribution in [0.4, 0.5) is 0 Å². The van der Waals surface area contributed by atoms with E-state index in [-0.39, 0.29) is 24.0 Å². The number of likely N-dealkylation sites (tertiary alicyclic amines) is 1. The first-order valence-electron chi connectivity index (χ1n) is 14.4. The Hall–Kier alpha value is -4.27. The Morgan fingerprint density at radius 1 is 0.575 bits per heavy atom. The minimum absolute atomic E-state index is 0.131. The first kappa shape index (κ1) is 26.0. The summed E-state index contributed by atoms with van der Waals surface area (Å²) in [7, 11) is 0. The average Bonchev–Trinajstić information content (AvgIpc) is 3.04. The maximum atomic E-state index is 5.36. The molecule has 1 aliphatic heterocycles. The summed E-state index contributed by atoms with van der Waals surface area (Å²) in [6, 6.07) is 55.2. The Morgan fingerprint density at radius 2 is 1.07 bits per heavy atom. The molecule has 0 saturated carbocycles. The van der Waals surface area contributed by atoms with Crippen LogP contribution in [0.15, 0.2) is 157 Å². The second-order valence-electron chi connectivity index (χ2n) is 10.7. The van der Waals surface area contributed by atoms with E-state index in [4.69, 9.17) is 4.99 Å². The van der Waals surface area contributed by atoms with Crippen molar-refractivity contribution in [1.29, 1.82) is 0 Å². The van der Waals surface area contributed by atoms with Gasteiger partial charge in [-0.05, 0) is 40.7 Å². The summed E-state index contributed by atoms with van der Waals surface area (Å²) in [5, 5.41) is 0. The summed E-state index contributed by atoms with van der Waals surface area (Å²) in [4.78, 5) is 8.13. The lowest BCUT2D eigenvalue weighted by atomic mass is 9.73. The highest BCUT2D eigenvalue weighted by atomic mass is 15.2. The first-order chi connectivity index (χ1) is 19.9. The zero-order valence-electron chi connectivity index (χ0n) is 22.8. The van der Waals surface area contributed by atoms with Gasteiger partial charge < -0.3 is 0 Å². The molecule has 2 nitrogen and oxygen atoms in total. The van der Waals surface area contributed by atoms with Gasteiger partial charge in [-0.15, -0.1) is 0 Å². The van der Waals surface area contributed by atoms with Crippen molar-refractivity contribution in [2.45, 2.75) is 36.9 Å². The van der Waals surface area contributed by atoms with Crippen molar-refractivity contribution in [3.05, 3.63) is 179 Å². The molecule has 0 spiro atoms. The van der Waals surface area contributed by atoms with Crippen LogP contribution < -0.4 is 0 Å². The van der Waals surface area contributed by atoms with Crippen molar-refractivity contribution < 1.29 is 0 Å². The van der Waals surface area contributed by atoms with Crippen LogP contribution in [0.2, 0.25) is 0 Å². The van der Waals surface area contributed by atoms with Crippen LogP contribution in [-0.4, -0.2) is 23.7 Å². The second kappa shape index (κ2) is 12.7. The third kappa shape index (κ3) is 5.98. The molecule has 4 atom stereocenters. The SMILES string of the molecule is C(=NC1CC(c2ccccc2)N(CCc2ccccc2)C(c2ccccc2)C1c1ccccc1)c1ccccc1. The zero-order chi connectivity index (χ0) is 27.0. The van der Waals surface area contributed by atoms with Gasteiger partial charge in [0.1, 0.15) is 0 Å². The summed E-state index contributed by atoms with van der Waals surface area (Å²) in [5.74, 6) is 0.222. The van der Waals surface area contributed by atoms with Crippen molar-refractivity contribution in [3.63, 3.8) is 0 Å². The molecule has 1 aliphatic rings. The molecule has 5 aromatic carbocycles. The Balaban J connectivity index is 1.48. The lowest BCUT2D eigenvalue weighted by Gasteiger charge is -2.50. The molecule has 1 fully saturated rings. The molecule has 0 aromatic heterocycles. The van der Waals surface area contributed by atoms with E-state index in [9.17, 15) is 0 Å². The van der Waals surface area contributed by atoms with E-state index in [0.29, 0.717) is 0 Å². The number of piperidine rings is 1. The lowest BCUT2D eigenvalue weighted by Crippen LogP contribution is -2.46. The fourth-order valence-corrected chi connectivity index (χ4v) is 6.33. The van der Waals surface area contributed by atoms with E-state index in [1.54, 1.807) is 0 Å². The summed E-state index contributed by atoms with van der Waals surface area (Å²) < 4.78 is 0. The van der Waals surface area contributed by atoms with Gasteiger partial charge >= 0.3 is 0 Å². The predicted molar refractivity (Wildman–Crippen MR) is 167 cm³/mol. The molecule has 0 N–H and O–H groups in total. The maximum absolute atomic E-state index is 5.36. The number of hydrogen-bond donors (Lipinski definition) is 0. The highest BCUT2D eigenvalue weighted by Gasteiger charge is 2.44. The number of hydrogen-bond acceptors (Lipinski definition) is 2. The highest BCUT2D eigenvalue weighted by molar-refractivity contribution is 5.79. The van der Waals surface area contributed by atoms with Gasteiger partial charge in [0.05, 0.1) is 6.04 Å². The van der Waals surface area contributed by atoms with E-state index < -0.39 is 0 Å². The Morgan fingerprint density at radius 3 is 1.68 bits per heavy atom. The third-order valence-electron chi connectivity index (χ3n) is 8.20. The molecule has 5 aromatic rings. The van der Waals surface area contributed by atoms with Crippen LogP contribution in [0.3, 0.4) is 0 Å². The van der Waals surface area contributed by atoms with E-state index >= 15 is 0 Å². The van der Waals surface area contributed by atoms with Gasteiger partial charge in [-0.25, -0.2) is 0 Å². The molecule has 4 unspecified atom stereocenters. The van der Waals surface area contributed by atoms with Gasteiger partial charge in [0, 0.05) is 30.8 Å². The standard InChI is InChI=1S/C38H36N2/c1-6-16-30(17-7-1)26-27-40-36(32-20-10-3-11-21-32)28-35(39-29-31-18-8-2-9-19-31)37(33-22-12-4-13-23-33)38(40)34-24-14-5-15-25-34/h1-25,29,35-38H,26-28H2. The molecule has 1 heterocycles. The number of rotatable bonds is 8. The average molecular weight is 521 g/mol. The van der Waals surface area contributed by atoms with Crippen molar-refractivity contribution in [3.8, 4) is 0 Å². The molecule has 0 bridgehead atoms. The van der Waals surface area contributed by atoms with Crippen LogP contribution in [0, 0.1) is 0 Å². The molecule has 1 saturated heterocycles. The quantitative estimate of drug-likeness (QED) is 0.187. The van der Waals surface area contributed by atoms with Crippen molar-refractivity contribution >= 4 is 6.21 Å². The predicted octanol–water partition coefficient (Wildman–Crippen LogP) is 8.69. The highest BCUT2D eigenvalue weighted by Crippen LogP contribution is 2.50. The number of aliphatic imine (C=N–C) groups is 1. The Bertz CT molecular complexity index is 1470. The molecule has 0 radical (unpaired) electrons. The van der Waals surface area contributed by atoms with Crippen molar-refractivity contribution in [2.24, 2.45) is 4.99 Å². The molecule has 2 heteroatoms. The van der Waals surface area contributed by atoms with Crippen molar-refractivity contribution in [2.75, 3.05) is 6.54 Å².